The minimum atomic E-state index is -0.458. The fourth-order valence-electron chi connectivity index (χ4n) is 7.52. The van der Waals surface area contributed by atoms with Crippen molar-refractivity contribution in [2.24, 2.45) is 29.1 Å². The number of carbonyl (C=O) groups excluding carboxylic acids is 2. The lowest BCUT2D eigenvalue weighted by Crippen LogP contribution is -2.49. The van der Waals surface area contributed by atoms with Gasteiger partial charge in [-0.05, 0) is 73.8 Å². The van der Waals surface area contributed by atoms with E-state index in [9.17, 15) is 9.59 Å². The van der Waals surface area contributed by atoms with Crippen molar-refractivity contribution < 1.29 is 19.1 Å². The van der Waals surface area contributed by atoms with Gasteiger partial charge in [0.25, 0.3) is 0 Å². The maximum absolute atomic E-state index is 14.4. The van der Waals surface area contributed by atoms with E-state index in [1.807, 2.05) is 11.1 Å². The van der Waals surface area contributed by atoms with Crippen LogP contribution in [0.1, 0.15) is 69.2 Å². The Balaban J connectivity index is 1.35. The zero-order valence-electron chi connectivity index (χ0n) is 23.2. The lowest BCUT2D eigenvalue weighted by atomic mass is 9.78. The lowest BCUT2D eigenvalue weighted by molar-refractivity contribution is -0.144. The fraction of sp³-hybridized carbons (Fsp3) is 0.767. The van der Waals surface area contributed by atoms with Crippen LogP contribution >= 0.6 is 0 Å². The third-order valence-corrected chi connectivity index (χ3v) is 9.52. The standard InChI is InChI=1S/C30H45N3O4/c1-20(2)5-6-28(34)33-17-25-13-22(12-23-8-10-37-18-27(23)36-4)14-30(25,19-33)29(35)32-9-7-26-24(16-32)11-21(3)15-31-26/h11,15,20,22-23,25,27H,5-10,12-14,16-19H2,1-4H3/t22-,23?,25+,27?,30+/m1/s1. The second-order valence-corrected chi connectivity index (χ2v) is 12.6. The van der Waals surface area contributed by atoms with E-state index in [2.05, 4.69) is 36.7 Å². The number of amides is 2. The molecule has 0 radical (unpaired) electrons. The highest BCUT2D eigenvalue weighted by Crippen LogP contribution is 2.54. The van der Waals surface area contributed by atoms with Crippen LogP contribution in [0.15, 0.2) is 12.3 Å². The molecule has 5 rings (SSSR count). The van der Waals surface area contributed by atoms with E-state index in [-0.39, 0.29) is 23.8 Å². The summed E-state index contributed by atoms with van der Waals surface area (Å²) in [4.78, 5) is 36.3. The summed E-state index contributed by atoms with van der Waals surface area (Å²) < 4.78 is 11.4. The van der Waals surface area contributed by atoms with Crippen LogP contribution in [-0.4, -0.2) is 72.7 Å². The van der Waals surface area contributed by atoms with Gasteiger partial charge in [0.15, 0.2) is 0 Å². The van der Waals surface area contributed by atoms with E-state index < -0.39 is 5.41 Å². The fourth-order valence-corrected chi connectivity index (χ4v) is 7.52. The van der Waals surface area contributed by atoms with Crippen molar-refractivity contribution in [1.29, 1.82) is 0 Å². The molecular weight excluding hydrogens is 466 g/mol. The zero-order valence-corrected chi connectivity index (χ0v) is 23.2. The largest absolute Gasteiger partial charge is 0.379 e. The summed E-state index contributed by atoms with van der Waals surface area (Å²) in [6, 6.07) is 2.18. The summed E-state index contributed by atoms with van der Waals surface area (Å²) in [5, 5.41) is 0. The second-order valence-electron chi connectivity index (χ2n) is 12.6. The molecule has 1 aliphatic carbocycles. The molecule has 1 aromatic heterocycles. The van der Waals surface area contributed by atoms with Gasteiger partial charge < -0.3 is 19.3 Å². The van der Waals surface area contributed by atoms with Gasteiger partial charge in [0.05, 0.1) is 18.1 Å². The lowest BCUT2D eigenvalue weighted by Gasteiger charge is -2.37. The number of carbonyl (C=O) groups is 2. The zero-order chi connectivity index (χ0) is 26.2. The number of fused-ring (bicyclic) bond motifs is 2. The van der Waals surface area contributed by atoms with Crippen LogP contribution in [0.4, 0.5) is 0 Å². The quantitative estimate of drug-likeness (QED) is 0.553. The summed E-state index contributed by atoms with van der Waals surface area (Å²) >= 11 is 0. The topological polar surface area (TPSA) is 72.0 Å². The molecule has 3 fully saturated rings. The van der Waals surface area contributed by atoms with E-state index in [1.165, 1.54) is 5.56 Å². The van der Waals surface area contributed by atoms with Crippen LogP contribution in [0.2, 0.25) is 0 Å². The Bertz CT molecular complexity index is 997. The Hall–Kier alpha value is -1.99. The number of nitrogens with zero attached hydrogens (tertiary/aromatic N) is 3. The predicted molar refractivity (Wildman–Crippen MR) is 142 cm³/mol. The Labute approximate surface area is 222 Å². The first-order valence-electron chi connectivity index (χ1n) is 14.4. The van der Waals surface area contributed by atoms with Gasteiger partial charge in [-0.3, -0.25) is 14.6 Å². The number of likely N-dealkylation sites (tertiary alicyclic amines) is 1. The second kappa shape index (κ2) is 11.0. The molecule has 2 unspecified atom stereocenters. The molecule has 4 heterocycles. The van der Waals surface area contributed by atoms with E-state index in [1.54, 1.807) is 7.11 Å². The predicted octanol–water partition coefficient (Wildman–Crippen LogP) is 4.01. The van der Waals surface area contributed by atoms with E-state index in [0.29, 0.717) is 50.4 Å². The molecule has 0 bridgehead atoms. The Morgan fingerprint density at radius 3 is 2.92 bits per heavy atom. The minimum Gasteiger partial charge on any atom is -0.379 e. The molecule has 2 amide bonds. The summed E-state index contributed by atoms with van der Waals surface area (Å²) in [7, 11) is 1.78. The number of methoxy groups -OCH3 is 1. The van der Waals surface area contributed by atoms with Gasteiger partial charge in [0.2, 0.25) is 11.8 Å². The van der Waals surface area contributed by atoms with E-state index >= 15 is 0 Å². The summed E-state index contributed by atoms with van der Waals surface area (Å²) in [6.45, 7) is 10.5. The van der Waals surface area contributed by atoms with Crippen molar-refractivity contribution >= 4 is 11.8 Å². The molecule has 0 aromatic carbocycles. The van der Waals surface area contributed by atoms with Gasteiger partial charge in [-0.1, -0.05) is 19.9 Å². The minimum absolute atomic E-state index is 0.143. The summed E-state index contributed by atoms with van der Waals surface area (Å²) in [5.41, 5.74) is 2.97. The number of aromatic nitrogens is 1. The van der Waals surface area contributed by atoms with Crippen molar-refractivity contribution in [3.05, 3.63) is 29.1 Å². The number of aryl methyl sites for hydroxylation is 1. The highest BCUT2D eigenvalue weighted by atomic mass is 16.5. The van der Waals surface area contributed by atoms with Crippen LogP contribution in [0.25, 0.3) is 0 Å². The number of hydrogen-bond donors (Lipinski definition) is 0. The third kappa shape index (κ3) is 5.44. The molecule has 0 spiro atoms. The average Bonchev–Trinajstić information content (AvgIpc) is 3.41. The van der Waals surface area contributed by atoms with Gasteiger partial charge in [0.1, 0.15) is 0 Å². The Morgan fingerprint density at radius 2 is 2.14 bits per heavy atom. The van der Waals surface area contributed by atoms with Crippen LogP contribution in [0, 0.1) is 36.0 Å². The molecule has 7 nitrogen and oxygen atoms in total. The summed E-state index contributed by atoms with van der Waals surface area (Å²) in [5.74, 6) is 2.20. The van der Waals surface area contributed by atoms with Gasteiger partial charge >= 0.3 is 0 Å². The van der Waals surface area contributed by atoms with Crippen LogP contribution in [0.3, 0.4) is 0 Å². The van der Waals surface area contributed by atoms with Gasteiger partial charge in [-0.25, -0.2) is 0 Å². The molecule has 5 atom stereocenters. The molecule has 1 aromatic rings. The van der Waals surface area contributed by atoms with Crippen molar-refractivity contribution in [2.45, 2.75) is 78.4 Å². The first kappa shape index (κ1) is 26.6. The van der Waals surface area contributed by atoms with Crippen molar-refractivity contribution in [3.8, 4) is 0 Å². The smallest absolute Gasteiger partial charge is 0.231 e. The van der Waals surface area contributed by atoms with Crippen molar-refractivity contribution in [2.75, 3.05) is 40.0 Å². The maximum atomic E-state index is 14.4. The van der Waals surface area contributed by atoms with Gasteiger partial charge in [0, 0.05) is 64.6 Å². The van der Waals surface area contributed by atoms with E-state index in [4.69, 9.17) is 9.47 Å². The summed E-state index contributed by atoms with van der Waals surface area (Å²) in [6.07, 6.45) is 8.37. The number of hydrogen-bond acceptors (Lipinski definition) is 5. The molecule has 2 saturated heterocycles. The molecule has 204 valence electrons. The highest BCUT2D eigenvalue weighted by molar-refractivity contribution is 5.86. The molecule has 4 aliphatic rings. The molecular formula is C30H45N3O4. The monoisotopic (exact) mass is 511 g/mol. The number of rotatable bonds is 7. The third-order valence-electron chi connectivity index (χ3n) is 9.52. The first-order chi connectivity index (χ1) is 17.8. The maximum Gasteiger partial charge on any atom is 0.231 e. The number of ether oxygens (including phenoxy) is 2. The van der Waals surface area contributed by atoms with Gasteiger partial charge in [-0.2, -0.15) is 0 Å². The van der Waals surface area contributed by atoms with Crippen molar-refractivity contribution in [1.82, 2.24) is 14.8 Å². The van der Waals surface area contributed by atoms with Gasteiger partial charge in [-0.15, -0.1) is 0 Å². The molecule has 3 aliphatic heterocycles. The Kier molecular flexibility index (Phi) is 7.92. The van der Waals surface area contributed by atoms with Crippen LogP contribution in [0.5, 0.6) is 0 Å². The van der Waals surface area contributed by atoms with Crippen LogP contribution < -0.4 is 0 Å². The SMILES string of the molecule is COC1COCCC1C[C@@H]1C[C@H]2CN(C(=O)CCC(C)C)C[C@@]2(C(=O)N2CCc3ncc(C)cc3C2)C1. The normalized spacial score (nSPS) is 31.5. The first-order valence-corrected chi connectivity index (χ1v) is 14.4. The average molecular weight is 512 g/mol. The van der Waals surface area contributed by atoms with Crippen molar-refractivity contribution in [3.63, 3.8) is 0 Å². The molecule has 1 saturated carbocycles. The van der Waals surface area contributed by atoms with E-state index in [0.717, 1.165) is 62.9 Å². The molecule has 0 N–H and O–H groups in total. The number of pyridine rings is 1. The van der Waals surface area contributed by atoms with Crippen LogP contribution in [-0.2, 0) is 32.0 Å². The molecule has 37 heavy (non-hydrogen) atoms. The molecule has 7 heteroatoms. The highest BCUT2D eigenvalue weighted by Gasteiger charge is 2.59. The Morgan fingerprint density at radius 1 is 1.30 bits per heavy atom.